The van der Waals surface area contributed by atoms with Crippen molar-refractivity contribution >= 4 is 23.6 Å². The van der Waals surface area contributed by atoms with Gasteiger partial charge in [-0.3, -0.25) is 4.57 Å². The minimum Gasteiger partial charge on any atom is -0.494 e. The van der Waals surface area contributed by atoms with Gasteiger partial charge in [0.25, 0.3) is 0 Å². The summed E-state index contributed by atoms with van der Waals surface area (Å²) in [5, 5.41) is 11.3. The zero-order chi connectivity index (χ0) is 12.5. The van der Waals surface area contributed by atoms with Crippen LogP contribution in [-0.4, -0.2) is 9.67 Å². The lowest BCUT2D eigenvalue weighted by Gasteiger charge is -2.04. The van der Waals surface area contributed by atoms with Crippen LogP contribution in [0.15, 0.2) is 5.38 Å². The third-order valence-electron chi connectivity index (χ3n) is 3.00. The van der Waals surface area contributed by atoms with Crippen LogP contribution in [0.2, 0.25) is 0 Å². The molecule has 0 saturated heterocycles. The third-order valence-corrected chi connectivity index (χ3v) is 4.26. The molecule has 98 valence electrons. The summed E-state index contributed by atoms with van der Waals surface area (Å²) in [5.74, 6) is 0.322. The number of hydrogen-bond acceptors (Lipinski definition) is 3. The second-order valence-electron chi connectivity index (χ2n) is 4.49. The van der Waals surface area contributed by atoms with Crippen LogP contribution in [0, 0.1) is 3.95 Å². The van der Waals surface area contributed by atoms with Gasteiger partial charge in [0.15, 0.2) is 3.95 Å². The van der Waals surface area contributed by atoms with Crippen molar-refractivity contribution in [2.45, 2.75) is 64.8 Å². The maximum absolute atomic E-state index is 9.54. The topological polar surface area (TPSA) is 25.2 Å². The van der Waals surface area contributed by atoms with Crippen LogP contribution in [-0.2, 0) is 6.54 Å². The van der Waals surface area contributed by atoms with Gasteiger partial charge in [0.05, 0.1) is 5.38 Å². The largest absolute Gasteiger partial charge is 0.494 e. The third kappa shape index (κ3) is 5.68. The zero-order valence-electron chi connectivity index (χ0n) is 10.7. The van der Waals surface area contributed by atoms with Gasteiger partial charge in [0, 0.05) is 6.54 Å². The normalized spacial score (nSPS) is 10.9. The van der Waals surface area contributed by atoms with E-state index in [-0.39, 0.29) is 0 Å². The first kappa shape index (κ1) is 14.7. The summed E-state index contributed by atoms with van der Waals surface area (Å²) in [7, 11) is 0. The molecule has 0 aliphatic heterocycles. The SMILES string of the molecule is CCCCCCCCCCn1c(O)csc1=S. The Labute approximate surface area is 113 Å². The molecule has 0 saturated carbocycles. The molecule has 17 heavy (non-hydrogen) atoms. The first-order chi connectivity index (χ1) is 8.25. The molecule has 1 aromatic rings. The molecule has 0 spiro atoms. The summed E-state index contributed by atoms with van der Waals surface area (Å²) in [4.78, 5) is 0. The van der Waals surface area contributed by atoms with Gasteiger partial charge < -0.3 is 5.11 Å². The van der Waals surface area contributed by atoms with Crippen LogP contribution in [0.5, 0.6) is 5.88 Å². The molecular formula is C13H23NOS2. The summed E-state index contributed by atoms with van der Waals surface area (Å²) in [6, 6.07) is 0. The van der Waals surface area contributed by atoms with E-state index in [9.17, 15) is 5.11 Å². The number of aromatic hydroxyl groups is 1. The van der Waals surface area contributed by atoms with Gasteiger partial charge in [-0.15, -0.1) is 11.3 Å². The summed E-state index contributed by atoms with van der Waals surface area (Å²) < 4.78 is 2.61. The second-order valence-corrected chi connectivity index (χ2v) is 5.99. The van der Waals surface area contributed by atoms with E-state index in [1.54, 1.807) is 5.38 Å². The molecule has 0 aromatic carbocycles. The van der Waals surface area contributed by atoms with Crippen molar-refractivity contribution in [1.29, 1.82) is 0 Å². The van der Waals surface area contributed by atoms with E-state index in [0.717, 1.165) is 16.9 Å². The Balaban J connectivity index is 2.03. The van der Waals surface area contributed by atoms with E-state index in [2.05, 4.69) is 6.92 Å². The highest BCUT2D eigenvalue weighted by Crippen LogP contribution is 2.18. The van der Waals surface area contributed by atoms with E-state index in [1.807, 2.05) is 4.57 Å². The van der Waals surface area contributed by atoms with E-state index in [4.69, 9.17) is 12.2 Å². The highest BCUT2D eigenvalue weighted by Gasteiger charge is 2.01. The standard InChI is InChI=1S/C13H23NOS2/c1-2-3-4-5-6-7-8-9-10-14-12(15)11-17-13(14)16/h11,15H,2-10H2,1H3. The Kier molecular flexibility index (Phi) is 7.53. The molecule has 0 unspecified atom stereocenters. The Morgan fingerprint density at radius 1 is 1.12 bits per heavy atom. The fourth-order valence-corrected chi connectivity index (χ4v) is 2.91. The molecule has 0 aliphatic rings. The van der Waals surface area contributed by atoms with Crippen molar-refractivity contribution in [2.75, 3.05) is 0 Å². The fourth-order valence-electron chi connectivity index (χ4n) is 1.93. The Morgan fingerprint density at radius 3 is 2.24 bits per heavy atom. The average molecular weight is 273 g/mol. The van der Waals surface area contributed by atoms with Gasteiger partial charge >= 0.3 is 0 Å². The van der Waals surface area contributed by atoms with Crippen LogP contribution in [0.1, 0.15) is 58.3 Å². The Hall–Kier alpha value is -0.350. The van der Waals surface area contributed by atoms with Crippen molar-refractivity contribution in [3.05, 3.63) is 9.33 Å². The molecule has 0 aliphatic carbocycles. The van der Waals surface area contributed by atoms with Crippen LogP contribution >= 0.6 is 23.6 Å². The number of aromatic nitrogens is 1. The molecule has 1 aromatic heterocycles. The van der Waals surface area contributed by atoms with E-state index < -0.39 is 0 Å². The molecule has 0 radical (unpaired) electrons. The van der Waals surface area contributed by atoms with Crippen LogP contribution in [0.3, 0.4) is 0 Å². The van der Waals surface area contributed by atoms with Crippen molar-refractivity contribution in [2.24, 2.45) is 0 Å². The molecule has 1 rings (SSSR count). The highest BCUT2D eigenvalue weighted by atomic mass is 32.1. The summed E-state index contributed by atoms with van der Waals surface area (Å²) >= 11 is 6.58. The molecule has 1 heterocycles. The van der Waals surface area contributed by atoms with Gasteiger partial charge in [-0.2, -0.15) is 0 Å². The van der Waals surface area contributed by atoms with Gasteiger partial charge in [-0.25, -0.2) is 0 Å². The van der Waals surface area contributed by atoms with Crippen LogP contribution in [0.4, 0.5) is 0 Å². The lowest BCUT2D eigenvalue weighted by molar-refractivity contribution is 0.408. The van der Waals surface area contributed by atoms with Gasteiger partial charge in [0.1, 0.15) is 0 Å². The minimum atomic E-state index is 0.322. The molecular weight excluding hydrogens is 250 g/mol. The second kappa shape index (κ2) is 8.70. The Bertz CT molecular complexity index is 357. The number of nitrogens with zero attached hydrogens (tertiary/aromatic N) is 1. The molecule has 0 amide bonds. The monoisotopic (exact) mass is 273 g/mol. The van der Waals surface area contributed by atoms with E-state index in [0.29, 0.717) is 5.88 Å². The van der Waals surface area contributed by atoms with Crippen LogP contribution in [0.25, 0.3) is 0 Å². The molecule has 0 bridgehead atoms. The quantitative estimate of drug-likeness (QED) is 0.498. The van der Waals surface area contributed by atoms with E-state index in [1.165, 1.54) is 56.3 Å². The van der Waals surface area contributed by atoms with Gasteiger partial charge in [0.2, 0.25) is 5.88 Å². The maximum Gasteiger partial charge on any atom is 0.202 e. The summed E-state index contributed by atoms with van der Waals surface area (Å²) in [6.45, 7) is 3.11. The number of unbranched alkanes of at least 4 members (excludes halogenated alkanes) is 7. The van der Waals surface area contributed by atoms with Crippen LogP contribution < -0.4 is 0 Å². The smallest absolute Gasteiger partial charge is 0.202 e. The van der Waals surface area contributed by atoms with E-state index >= 15 is 0 Å². The minimum absolute atomic E-state index is 0.322. The first-order valence-electron chi connectivity index (χ1n) is 6.63. The first-order valence-corrected chi connectivity index (χ1v) is 7.91. The van der Waals surface area contributed by atoms with Crippen molar-refractivity contribution in [1.82, 2.24) is 4.57 Å². The van der Waals surface area contributed by atoms with Gasteiger partial charge in [-0.05, 0) is 18.6 Å². The highest BCUT2D eigenvalue weighted by molar-refractivity contribution is 7.73. The maximum atomic E-state index is 9.54. The molecule has 2 nitrogen and oxygen atoms in total. The zero-order valence-corrected chi connectivity index (χ0v) is 12.3. The molecule has 0 atom stereocenters. The van der Waals surface area contributed by atoms with Crippen molar-refractivity contribution < 1.29 is 5.11 Å². The number of hydrogen-bond donors (Lipinski definition) is 1. The number of rotatable bonds is 9. The fraction of sp³-hybridized carbons (Fsp3) is 0.769. The van der Waals surface area contributed by atoms with Gasteiger partial charge in [-0.1, -0.05) is 51.9 Å². The number of thiazole rings is 1. The molecule has 1 N–H and O–H groups in total. The lowest BCUT2D eigenvalue weighted by Crippen LogP contribution is -1.96. The molecule has 4 heteroatoms. The predicted octanol–water partition coefficient (Wildman–Crippen LogP) is 5.13. The Morgan fingerprint density at radius 2 is 1.71 bits per heavy atom. The van der Waals surface area contributed by atoms with Crippen molar-refractivity contribution in [3.63, 3.8) is 0 Å². The lowest BCUT2D eigenvalue weighted by atomic mass is 10.1. The average Bonchev–Trinajstić information content (AvgIpc) is 2.63. The van der Waals surface area contributed by atoms with Crippen molar-refractivity contribution in [3.8, 4) is 5.88 Å². The molecule has 0 fully saturated rings. The predicted molar refractivity (Wildman–Crippen MR) is 77.4 cm³/mol. The summed E-state index contributed by atoms with van der Waals surface area (Å²) in [6.07, 6.45) is 10.5. The summed E-state index contributed by atoms with van der Waals surface area (Å²) in [5.41, 5.74) is 0.